The Hall–Kier alpha value is -1.23. The summed E-state index contributed by atoms with van der Waals surface area (Å²) in [4.78, 5) is 16.4. The van der Waals surface area contributed by atoms with Gasteiger partial charge in [-0.2, -0.15) is 4.98 Å². The molecule has 1 aromatic heterocycles. The predicted octanol–water partition coefficient (Wildman–Crippen LogP) is 0.649. The molecule has 1 aliphatic heterocycles. The van der Waals surface area contributed by atoms with Crippen LogP contribution in [0.3, 0.4) is 0 Å². The van der Waals surface area contributed by atoms with Gasteiger partial charge in [0.05, 0.1) is 6.04 Å². The van der Waals surface area contributed by atoms with Crippen LogP contribution in [0.15, 0.2) is 4.52 Å². The van der Waals surface area contributed by atoms with Gasteiger partial charge in [0, 0.05) is 0 Å². The molecule has 0 radical (unpaired) electrons. The third-order valence-corrected chi connectivity index (χ3v) is 2.38. The van der Waals surface area contributed by atoms with Crippen molar-refractivity contribution in [3.63, 3.8) is 0 Å². The summed E-state index contributed by atoms with van der Waals surface area (Å²) in [5.74, 6) is 0.692. The first-order chi connectivity index (χ1) is 6.31. The maximum atomic E-state index is 10.3. The second-order valence-electron chi connectivity index (χ2n) is 3.25. The molecule has 0 N–H and O–H groups in total. The molecule has 70 valence electrons. The highest BCUT2D eigenvalue weighted by Gasteiger charge is 2.26. The van der Waals surface area contributed by atoms with E-state index in [1.54, 1.807) is 0 Å². The van der Waals surface area contributed by atoms with Crippen LogP contribution in [0.1, 0.15) is 35.4 Å². The minimum Gasteiger partial charge on any atom is -0.331 e. The van der Waals surface area contributed by atoms with E-state index in [4.69, 9.17) is 4.52 Å². The quantitative estimate of drug-likeness (QED) is 0.627. The van der Waals surface area contributed by atoms with Gasteiger partial charge in [0.2, 0.25) is 6.29 Å². The van der Waals surface area contributed by atoms with Crippen molar-refractivity contribution in [2.45, 2.75) is 18.9 Å². The Kier molecular flexibility index (Phi) is 2.10. The lowest BCUT2D eigenvalue weighted by Crippen LogP contribution is -2.18. The molecule has 1 unspecified atom stereocenters. The van der Waals surface area contributed by atoms with E-state index in [0.29, 0.717) is 12.1 Å². The number of hydrogen-bond acceptors (Lipinski definition) is 5. The van der Waals surface area contributed by atoms with E-state index in [9.17, 15) is 4.79 Å². The van der Waals surface area contributed by atoms with Crippen molar-refractivity contribution in [3.8, 4) is 0 Å². The molecular formula is C8H11N3O2. The second kappa shape index (κ2) is 3.26. The van der Waals surface area contributed by atoms with Crippen molar-refractivity contribution < 1.29 is 9.32 Å². The lowest BCUT2D eigenvalue weighted by Gasteiger charge is -2.14. The summed E-state index contributed by atoms with van der Waals surface area (Å²) in [7, 11) is 2.02. The highest BCUT2D eigenvalue weighted by atomic mass is 16.5. The largest absolute Gasteiger partial charge is 0.331 e. The fourth-order valence-corrected chi connectivity index (χ4v) is 1.67. The van der Waals surface area contributed by atoms with Crippen LogP contribution < -0.4 is 0 Å². The van der Waals surface area contributed by atoms with Crippen LogP contribution in [0.4, 0.5) is 0 Å². The van der Waals surface area contributed by atoms with Crippen LogP contribution in [0.25, 0.3) is 0 Å². The van der Waals surface area contributed by atoms with Crippen LogP contribution in [-0.2, 0) is 0 Å². The van der Waals surface area contributed by atoms with E-state index >= 15 is 0 Å². The number of likely N-dealkylation sites (tertiary alicyclic amines) is 1. The molecule has 0 spiro atoms. The smallest absolute Gasteiger partial charge is 0.290 e. The maximum absolute atomic E-state index is 10.3. The van der Waals surface area contributed by atoms with E-state index in [1.807, 2.05) is 7.05 Å². The normalized spacial score (nSPS) is 23.6. The lowest BCUT2D eigenvalue weighted by atomic mass is 10.2. The van der Waals surface area contributed by atoms with Crippen LogP contribution in [0, 0.1) is 0 Å². The maximum Gasteiger partial charge on any atom is 0.290 e. The Morgan fingerprint density at radius 2 is 2.54 bits per heavy atom. The highest BCUT2D eigenvalue weighted by molar-refractivity contribution is 5.66. The molecule has 2 heterocycles. The topological polar surface area (TPSA) is 59.2 Å². The van der Waals surface area contributed by atoms with E-state index in [1.165, 1.54) is 0 Å². The number of carbonyl (C=O) groups is 1. The van der Waals surface area contributed by atoms with Crippen molar-refractivity contribution in [2.24, 2.45) is 0 Å². The highest BCUT2D eigenvalue weighted by Crippen LogP contribution is 2.27. The van der Waals surface area contributed by atoms with Gasteiger partial charge < -0.3 is 4.52 Å². The molecule has 1 fully saturated rings. The molecule has 5 heteroatoms. The Morgan fingerprint density at radius 1 is 1.69 bits per heavy atom. The van der Waals surface area contributed by atoms with Crippen molar-refractivity contribution in [3.05, 3.63) is 11.7 Å². The standard InChI is InChI=1S/C8H11N3O2/c1-11-4-2-3-6(11)8-9-7(5-12)13-10-8/h5-6H,2-4H2,1H3. The summed E-state index contributed by atoms with van der Waals surface area (Å²) in [5, 5.41) is 3.76. The van der Waals surface area contributed by atoms with E-state index in [0.717, 1.165) is 19.4 Å². The zero-order chi connectivity index (χ0) is 9.26. The van der Waals surface area contributed by atoms with Gasteiger partial charge in [-0.3, -0.25) is 9.69 Å². The summed E-state index contributed by atoms with van der Waals surface area (Å²) in [6, 6.07) is 0.220. The number of nitrogens with zero attached hydrogens (tertiary/aromatic N) is 3. The van der Waals surface area contributed by atoms with E-state index in [-0.39, 0.29) is 11.9 Å². The molecule has 1 atom stereocenters. The number of aromatic nitrogens is 2. The Bertz CT molecular complexity index is 310. The predicted molar refractivity (Wildman–Crippen MR) is 44.3 cm³/mol. The summed E-state index contributed by atoms with van der Waals surface area (Å²) >= 11 is 0. The average molecular weight is 181 g/mol. The summed E-state index contributed by atoms with van der Waals surface area (Å²) in [6.45, 7) is 1.05. The summed E-state index contributed by atoms with van der Waals surface area (Å²) < 4.78 is 4.72. The molecule has 5 nitrogen and oxygen atoms in total. The molecule has 0 saturated carbocycles. The molecule has 0 amide bonds. The third-order valence-electron chi connectivity index (χ3n) is 2.38. The molecule has 2 rings (SSSR count). The van der Waals surface area contributed by atoms with Crippen LogP contribution >= 0.6 is 0 Å². The Labute approximate surface area is 75.7 Å². The van der Waals surface area contributed by atoms with Gasteiger partial charge in [-0.25, -0.2) is 0 Å². The summed E-state index contributed by atoms with van der Waals surface area (Å²) in [5.41, 5.74) is 0. The van der Waals surface area contributed by atoms with Gasteiger partial charge in [-0.15, -0.1) is 0 Å². The number of aldehydes is 1. The monoisotopic (exact) mass is 181 g/mol. The first-order valence-electron chi connectivity index (χ1n) is 4.30. The number of hydrogen-bond donors (Lipinski definition) is 0. The van der Waals surface area contributed by atoms with E-state index in [2.05, 4.69) is 15.0 Å². The molecule has 1 aromatic rings. The zero-order valence-corrected chi connectivity index (χ0v) is 7.43. The fourth-order valence-electron chi connectivity index (χ4n) is 1.67. The molecule has 13 heavy (non-hydrogen) atoms. The van der Waals surface area contributed by atoms with Crippen molar-refractivity contribution in [1.29, 1.82) is 0 Å². The van der Waals surface area contributed by atoms with Crippen LogP contribution in [0.2, 0.25) is 0 Å². The fraction of sp³-hybridized carbons (Fsp3) is 0.625. The molecule has 0 bridgehead atoms. The average Bonchev–Trinajstić information content (AvgIpc) is 2.71. The van der Waals surface area contributed by atoms with Gasteiger partial charge in [0.25, 0.3) is 5.89 Å². The van der Waals surface area contributed by atoms with Gasteiger partial charge in [0.1, 0.15) is 0 Å². The van der Waals surface area contributed by atoms with Crippen LogP contribution in [0.5, 0.6) is 0 Å². The minimum absolute atomic E-state index is 0.0651. The first kappa shape index (κ1) is 8.37. The van der Waals surface area contributed by atoms with Gasteiger partial charge in [-0.1, -0.05) is 5.16 Å². The number of rotatable bonds is 2. The zero-order valence-electron chi connectivity index (χ0n) is 7.43. The summed E-state index contributed by atoms with van der Waals surface area (Å²) in [6.07, 6.45) is 2.76. The Morgan fingerprint density at radius 3 is 3.08 bits per heavy atom. The van der Waals surface area contributed by atoms with Crippen molar-refractivity contribution in [1.82, 2.24) is 15.0 Å². The van der Waals surface area contributed by atoms with Crippen molar-refractivity contribution >= 4 is 6.29 Å². The first-order valence-corrected chi connectivity index (χ1v) is 4.30. The van der Waals surface area contributed by atoms with Gasteiger partial charge in [-0.05, 0) is 26.4 Å². The number of carbonyl (C=O) groups excluding carboxylic acids is 1. The Balaban J connectivity index is 2.19. The van der Waals surface area contributed by atoms with Crippen molar-refractivity contribution in [2.75, 3.05) is 13.6 Å². The molecule has 1 saturated heterocycles. The molecule has 0 aromatic carbocycles. The van der Waals surface area contributed by atoms with E-state index < -0.39 is 0 Å². The van der Waals surface area contributed by atoms with Gasteiger partial charge >= 0.3 is 0 Å². The second-order valence-corrected chi connectivity index (χ2v) is 3.25. The molecule has 1 aliphatic rings. The third kappa shape index (κ3) is 1.47. The van der Waals surface area contributed by atoms with Gasteiger partial charge in [0.15, 0.2) is 5.82 Å². The molecule has 0 aliphatic carbocycles. The minimum atomic E-state index is 0.0651. The lowest BCUT2D eigenvalue weighted by molar-refractivity contribution is 0.108. The molecular weight excluding hydrogens is 170 g/mol. The van der Waals surface area contributed by atoms with Crippen LogP contribution in [-0.4, -0.2) is 34.9 Å². The SMILES string of the molecule is CN1CCCC1c1noc(C=O)n1.